The van der Waals surface area contributed by atoms with E-state index in [-0.39, 0.29) is 6.04 Å². The highest BCUT2D eigenvalue weighted by Crippen LogP contribution is 2.33. The lowest BCUT2D eigenvalue weighted by atomic mass is 10.1. The quantitative estimate of drug-likeness (QED) is 0.896. The van der Waals surface area contributed by atoms with Crippen molar-refractivity contribution in [2.75, 3.05) is 13.1 Å². The number of nitrogens with two attached hydrogens (primary N) is 1. The van der Waals surface area contributed by atoms with Crippen molar-refractivity contribution in [1.29, 1.82) is 0 Å². The first kappa shape index (κ1) is 13.5. The summed E-state index contributed by atoms with van der Waals surface area (Å²) in [6, 6.07) is 1.67. The zero-order valence-corrected chi connectivity index (χ0v) is 12.7. The third-order valence-electron chi connectivity index (χ3n) is 2.85. The fourth-order valence-electron chi connectivity index (χ4n) is 1.88. The van der Waals surface area contributed by atoms with Crippen molar-refractivity contribution in [2.45, 2.75) is 30.0 Å². The van der Waals surface area contributed by atoms with Crippen molar-refractivity contribution in [3.05, 3.63) is 15.4 Å². The Hall–Kier alpha value is 0.0500. The number of hydrogen-bond donors (Lipinski definition) is 1. The highest BCUT2D eigenvalue weighted by atomic mass is 79.9. The topological polar surface area (TPSA) is 63.4 Å². The van der Waals surface area contributed by atoms with Gasteiger partial charge in [0, 0.05) is 19.1 Å². The standard InChI is InChI=1S/C10H15BrN2O2S2/c1-7-5-9(16-10(7)11)17(14,15)13-4-2-3-8(12)6-13/h5,8H,2-4,6,12H2,1H3/t8-/m1/s1. The molecule has 4 nitrogen and oxygen atoms in total. The summed E-state index contributed by atoms with van der Waals surface area (Å²) in [5.41, 5.74) is 6.78. The van der Waals surface area contributed by atoms with Crippen LogP contribution in [0.25, 0.3) is 0 Å². The Bertz CT molecular complexity index is 493. The summed E-state index contributed by atoms with van der Waals surface area (Å²) in [5.74, 6) is 0. The normalized spacial score (nSPS) is 22.9. The lowest BCUT2D eigenvalue weighted by Gasteiger charge is -2.29. The van der Waals surface area contributed by atoms with Gasteiger partial charge in [0.25, 0.3) is 10.0 Å². The summed E-state index contributed by atoms with van der Waals surface area (Å²) in [6.45, 7) is 2.89. The van der Waals surface area contributed by atoms with E-state index in [0.29, 0.717) is 17.3 Å². The molecule has 1 aliphatic rings. The Kier molecular flexibility index (Phi) is 3.94. The maximum absolute atomic E-state index is 12.4. The van der Waals surface area contributed by atoms with Gasteiger partial charge in [-0.15, -0.1) is 11.3 Å². The van der Waals surface area contributed by atoms with Gasteiger partial charge in [0.2, 0.25) is 0 Å². The summed E-state index contributed by atoms with van der Waals surface area (Å²) in [7, 11) is -3.35. The molecule has 1 aromatic rings. The molecule has 2 heterocycles. The van der Waals surface area contributed by atoms with E-state index in [4.69, 9.17) is 5.73 Å². The molecule has 2 N–H and O–H groups in total. The number of rotatable bonds is 2. The molecule has 7 heteroatoms. The Labute approximate surface area is 114 Å². The lowest BCUT2D eigenvalue weighted by Crippen LogP contribution is -2.45. The van der Waals surface area contributed by atoms with E-state index in [0.717, 1.165) is 22.2 Å². The minimum absolute atomic E-state index is 0.0389. The predicted molar refractivity (Wildman–Crippen MR) is 72.7 cm³/mol. The van der Waals surface area contributed by atoms with Gasteiger partial charge in [-0.2, -0.15) is 4.31 Å². The van der Waals surface area contributed by atoms with Crippen LogP contribution in [-0.2, 0) is 10.0 Å². The van der Waals surface area contributed by atoms with E-state index in [1.165, 1.54) is 15.6 Å². The Morgan fingerprint density at radius 3 is 2.82 bits per heavy atom. The lowest BCUT2D eigenvalue weighted by molar-refractivity contribution is 0.316. The molecule has 0 spiro atoms. The second-order valence-electron chi connectivity index (χ2n) is 4.29. The van der Waals surface area contributed by atoms with Crippen molar-refractivity contribution in [3.63, 3.8) is 0 Å². The molecule has 1 saturated heterocycles. The third-order valence-corrected chi connectivity index (χ3v) is 7.30. The molecule has 0 aliphatic carbocycles. The maximum atomic E-state index is 12.4. The summed E-state index contributed by atoms with van der Waals surface area (Å²) in [4.78, 5) is 0. The van der Waals surface area contributed by atoms with E-state index in [2.05, 4.69) is 15.9 Å². The first-order valence-electron chi connectivity index (χ1n) is 5.43. The molecule has 17 heavy (non-hydrogen) atoms. The van der Waals surface area contributed by atoms with Crippen molar-refractivity contribution >= 4 is 37.3 Å². The Morgan fingerprint density at radius 2 is 2.29 bits per heavy atom. The van der Waals surface area contributed by atoms with E-state index < -0.39 is 10.0 Å². The number of hydrogen-bond acceptors (Lipinski definition) is 4. The minimum atomic E-state index is -3.35. The summed E-state index contributed by atoms with van der Waals surface area (Å²) in [6.07, 6.45) is 1.74. The number of nitrogens with zero attached hydrogens (tertiary/aromatic N) is 1. The molecule has 0 saturated carbocycles. The number of sulfonamides is 1. The van der Waals surface area contributed by atoms with Crippen LogP contribution in [-0.4, -0.2) is 31.9 Å². The van der Waals surface area contributed by atoms with E-state index in [1.807, 2.05) is 6.92 Å². The van der Waals surface area contributed by atoms with Gasteiger partial charge in [-0.05, 0) is 47.3 Å². The van der Waals surface area contributed by atoms with Crippen molar-refractivity contribution in [1.82, 2.24) is 4.31 Å². The molecular weight excluding hydrogens is 324 g/mol. The molecule has 1 atom stereocenters. The van der Waals surface area contributed by atoms with Crippen LogP contribution < -0.4 is 5.73 Å². The first-order chi connectivity index (χ1) is 7.91. The van der Waals surface area contributed by atoms with Gasteiger partial charge in [-0.1, -0.05) is 0 Å². The van der Waals surface area contributed by atoms with E-state index in [9.17, 15) is 8.42 Å². The number of thiophene rings is 1. The van der Waals surface area contributed by atoms with Crippen LogP contribution in [0.3, 0.4) is 0 Å². The number of aryl methyl sites for hydroxylation is 1. The average molecular weight is 339 g/mol. The van der Waals surface area contributed by atoms with Crippen LogP contribution in [0.15, 0.2) is 14.1 Å². The highest BCUT2D eigenvalue weighted by molar-refractivity contribution is 9.11. The second kappa shape index (κ2) is 4.97. The average Bonchev–Trinajstić information content (AvgIpc) is 2.60. The number of halogens is 1. The third kappa shape index (κ3) is 2.73. The van der Waals surface area contributed by atoms with Crippen molar-refractivity contribution < 1.29 is 8.42 Å². The van der Waals surface area contributed by atoms with Crippen LogP contribution >= 0.6 is 27.3 Å². The molecule has 1 aliphatic heterocycles. The van der Waals surface area contributed by atoms with Gasteiger partial charge < -0.3 is 5.73 Å². The largest absolute Gasteiger partial charge is 0.327 e. The molecule has 0 unspecified atom stereocenters. The zero-order valence-electron chi connectivity index (χ0n) is 9.52. The van der Waals surface area contributed by atoms with Gasteiger partial charge in [0.05, 0.1) is 3.79 Å². The molecule has 1 aromatic heterocycles. The van der Waals surface area contributed by atoms with Crippen LogP contribution in [0.4, 0.5) is 0 Å². The molecule has 1 fully saturated rings. The molecule has 0 amide bonds. The van der Waals surface area contributed by atoms with Crippen molar-refractivity contribution in [2.24, 2.45) is 5.73 Å². The second-order valence-corrected chi connectivity index (χ2v) is 8.82. The van der Waals surface area contributed by atoms with Crippen molar-refractivity contribution in [3.8, 4) is 0 Å². The molecule has 0 bridgehead atoms. The van der Waals surface area contributed by atoms with E-state index in [1.54, 1.807) is 6.07 Å². The first-order valence-corrected chi connectivity index (χ1v) is 8.48. The van der Waals surface area contributed by atoms with Crippen LogP contribution in [0.5, 0.6) is 0 Å². The monoisotopic (exact) mass is 338 g/mol. The molecule has 96 valence electrons. The van der Waals surface area contributed by atoms with Crippen LogP contribution in [0.1, 0.15) is 18.4 Å². The molecular formula is C10H15BrN2O2S2. The molecule has 0 aromatic carbocycles. The van der Waals surface area contributed by atoms with Gasteiger partial charge in [-0.3, -0.25) is 0 Å². The maximum Gasteiger partial charge on any atom is 0.252 e. The SMILES string of the molecule is Cc1cc(S(=O)(=O)N2CCC[C@@H](N)C2)sc1Br. The summed E-state index contributed by atoms with van der Waals surface area (Å²) >= 11 is 4.62. The smallest absolute Gasteiger partial charge is 0.252 e. The van der Waals surface area contributed by atoms with Crippen LogP contribution in [0.2, 0.25) is 0 Å². The highest BCUT2D eigenvalue weighted by Gasteiger charge is 2.30. The summed E-state index contributed by atoms with van der Waals surface area (Å²) in [5, 5.41) is 0. The molecule has 0 radical (unpaired) electrons. The van der Waals surface area contributed by atoms with Gasteiger partial charge in [0.1, 0.15) is 4.21 Å². The minimum Gasteiger partial charge on any atom is -0.327 e. The van der Waals surface area contributed by atoms with E-state index >= 15 is 0 Å². The van der Waals surface area contributed by atoms with Gasteiger partial charge in [-0.25, -0.2) is 8.42 Å². The molecule has 2 rings (SSSR count). The zero-order chi connectivity index (χ0) is 12.6. The Morgan fingerprint density at radius 1 is 1.59 bits per heavy atom. The Balaban J connectivity index is 2.29. The predicted octanol–water partition coefficient (Wildman–Crippen LogP) is 1.93. The fraction of sp³-hybridized carbons (Fsp3) is 0.600. The van der Waals surface area contributed by atoms with Gasteiger partial charge in [0.15, 0.2) is 0 Å². The number of piperidine rings is 1. The summed E-state index contributed by atoms with van der Waals surface area (Å²) < 4.78 is 27.5. The van der Waals surface area contributed by atoms with Crippen LogP contribution in [0, 0.1) is 6.92 Å². The van der Waals surface area contributed by atoms with Gasteiger partial charge >= 0.3 is 0 Å². The fourth-order valence-corrected chi connectivity index (χ4v) is 5.79.